The maximum absolute atomic E-state index is 13.3. The fourth-order valence-electron chi connectivity index (χ4n) is 4.72. The third-order valence-corrected chi connectivity index (χ3v) is 6.88. The number of carbonyl (C=O) groups excluding carboxylic acids is 1. The Morgan fingerprint density at radius 1 is 1.25 bits per heavy atom. The minimum Gasteiger partial charge on any atom is -0.494 e. The normalized spacial score (nSPS) is 21.9. The summed E-state index contributed by atoms with van der Waals surface area (Å²) in [5.74, 6) is 0.515. The highest BCUT2D eigenvalue weighted by atomic mass is 19.4. The number of nitrogens with two attached hydrogens (primary N) is 1. The van der Waals surface area contributed by atoms with Crippen LogP contribution in [-0.2, 0) is 15.7 Å². The number of pyridine rings is 1. The molecule has 0 radical (unpaired) electrons. The first-order chi connectivity index (χ1) is 17.2. The van der Waals surface area contributed by atoms with Crippen molar-refractivity contribution >= 4 is 16.8 Å². The van der Waals surface area contributed by atoms with Crippen molar-refractivity contribution in [2.24, 2.45) is 11.7 Å². The number of benzene rings is 1. The van der Waals surface area contributed by atoms with E-state index >= 15 is 0 Å². The third kappa shape index (κ3) is 4.56. The smallest absolute Gasteiger partial charge is 0.433 e. The largest absolute Gasteiger partial charge is 0.494 e. The number of nitrogens with one attached hydrogen (secondary N) is 1. The summed E-state index contributed by atoms with van der Waals surface area (Å²) in [6, 6.07) is 5.40. The molecular weight excluding hydrogens is 479 g/mol. The van der Waals surface area contributed by atoms with Crippen LogP contribution in [0.15, 0.2) is 35.7 Å². The van der Waals surface area contributed by atoms with Crippen molar-refractivity contribution in [1.82, 2.24) is 20.1 Å². The molecule has 1 saturated heterocycles. The van der Waals surface area contributed by atoms with E-state index in [1.807, 2.05) is 4.90 Å². The highest BCUT2D eigenvalue weighted by molar-refractivity contribution is 5.94. The van der Waals surface area contributed by atoms with Gasteiger partial charge in [0.1, 0.15) is 34.6 Å². The van der Waals surface area contributed by atoms with Crippen LogP contribution in [0.2, 0.25) is 0 Å². The molecule has 1 saturated carbocycles. The molecule has 4 N–H and O–H groups in total. The predicted octanol–water partition coefficient (Wildman–Crippen LogP) is 1.92. The van der Waals surface area contributed by atoms with Gasteiger partial charge in [-0.05, 0) is 37.0 Å². The van der Waals surface area contributed by atoms with Crippen LogP contribution in [0.4, 0.5) is 13.2 Å². The van der Waals surface area contributed by atoms with Gasteiger partial charge in [0.25, 0.3) is 5.91 Å². The minimum atomic E-state index is -4.61. The van der Waals surface area contributed by atoms with Crippen LogP contribution in [0, 0.1) is 5.92 Å². The van der Waals surface area contributed by atoms with E-state index in [2.05, 4.69) is 10.3 Å². The Bertz CT molecular complexity index is 1190. The van der Waals surface area contributed by atoms with Gasteiger partial charge in [-0.15, -0.1) is 0 Å². The van der Waals surface area contributed by atoms with Gasteiger partial charge in [-0.2, -0.15) is 13.2 Å². The number of amides is 1. The number of piperazine rings is 1. The average molecular weight is 508 g/mol. The molecule has 0 spiro atoms. The van der Waals surface area contributed by atoms with Crippen molar-refractivity contribution in [3.63, 3.8) is 0 Å². The molecule has 2 aliphatic heterocycles. The number of fused-ring (bicyclic) bond motifs is 1. The number of hydrogen-bond acceptors (Lipinski definition) is 8. The van der Waals surface area contributed by atoms with Gasteiger partial charge < -0.3 is 30.5 Å². The zero-order valence-corrected chi connectivity index (χ0v) is 19.7. The molecule has 1 aromatic heterocycles. The number of carbonyl (C=O) groups is 1. The van der Waals surface area contributed by atoms with Gasteiger partial charge in [0.15, 0.2) is 6.23 Å². The Balaban J connectivity index is 1.36. The van der Waals surface area contributed by atoms with Crippen LogP contribution in [0.25, 0.3) is 10.9 Å². The number of aromatic nitrogens is 1. The standard InChI is InChI=1S/C24H28F3N5O4/c1-35-16-6-4-15(14-5-7-18(24(25,26)27)29-19(14)16)21-30-20(17(12-28)36-21)23(34)32-10-8-31(9-11-32)22(33)13-2-3-13/h4-7,13,21-22,30,33H,2-3,8-12,28H2,1H3. The van der Waals surface area contributed by atoms with Gasteiger partial charge in [-0.3, -0.25) is 9.69 Å². The Kier molecular flexibility index (Phi) is 6.43. The van der Waals surface area contributed by atoms with E-state index in [1.54, 1.807) is 11.0 Å². The minimum absolute atomic E-state index is 0.0323. The van der Waals surface area contributed by atoms with E-state index in [-0.39, 0.29) is 35.2 Å². The summed E-state index contributed by atoms with van der Waals surface area (Å²) in [6.45, 7) is 2.00. The topological polar surface area (TPSA) is 113 Å². The number of ether oxygens (including phenoxy) is 2. The average Bonchev–Trinajstić information content (AvgIpc) is 3.65. The van der Waals surface area contributed by atoms with Crippen molar-refractivity contribution < 1.29 is 32.5 Å². The molecule has 2 unspecified atom stereocenters. The number of halogens is 3. The van der Waals surface area contributed by atoms with E-state index in [1.165, 1.54) is 19.2 Å². The quantitative estimate of drug-likeness (QED) is 0.544. The van der Waals surface area contributed by atoms with E-state index in [4.69, 9.17) is 15.2 Å². The first kappa shape index (κ1) is 24.6. The van der Waals surface area contributed by atoms with Crippen molar-refractivity contribution in [3.8, 4) is 5.75 Å². The number of nitrogens with zero attached hydrogens (tertiary/aromatic N) is 3. The summed E-state index contributed by atoms with van der Waals surface area (Å²) in [5.41, 5.74) is 5.59. The summed E-state index contributed by atoms with van der Waals surface area (Å²) in [7, 11) is 1.36. The molecule has 36 heavy (non-hydrogen) atoms. The summed E-state index contributed by atoms with van der Waals surface area (Å²) < 4.78 is 51.0. The Morgan fingerprint density at radius 2 is 1.97 bits per heavy atom. The molecule has 2 aromatic rings. The number of aliphatic hydroxyl groups excluding tert-OH is 1. The van der Waals surface area contributed by atoms with Gasteiger partial charge >= 0.3 is 6.18 Å². The second-order valence-electron chi connectivity index (χ2n) is 9.17. The van der Waals surface area contributed by atoms with E-state index in [0.29, 0.717) is 43.0 Å². The van der Waals surface area contributed by atoms with Gasteiger partial charge in [0.05, 0.1) is 13.7 Å². The van der Waals surface area contributed by atoms with Crippen molar-refractivity contribution in [2.75, 3.05) is 39.8 Å². The van der Waals surface area contributed by atoms with E-state index < -0.39 is 24.3 Å². The van der Waals surface area contributed by atoms with Crippen molar-refractivity contribution in [3.05, 3.63) is 47.0 Å². The van der Waals surface area contributed by atoms with Crippen LogP contribution in [0.3, 0.4) is 0 Å². The lowest BCUT2D eigenvalue weighted by atomic mass is 10.1. The SMILES string of the molecule is COc1ccc(C2NC(C(=O)N3CCN(C(O)C4CC4)CC3)=C(CN)O2)c2ccc(C(F)(F)F)nc12. The third-order valence-electron chi connectivity index (χ3n) is 6.88. The lowest BCUT2D eigenvalue weighted by molar-refractivity contribution is -0.141. The van der Waals surface area contributed by atoms with E-state index in [9.17, 15) is 23.1 Å². The summed E-state index contributed by atoms with van der Waals surface area (Å²) in [4.78, 5) is 20.8. The van der Waals surface area contributed by atoms with Gasteiger partial charge in [-0.25, -0.2) is 4.98 Å². The molecule has 9 nitrogen and oxygen atoms in total. The first-order valence-electron chi connectivity index (χ1n) is 11.8. The molecular formula is C24H28F3N5O4. The predicted molar refractivity (Wildman–Crippen MR) is 123 cm³/mol. The highest BCUT2D eigenvalue weighted by Crippen LogP contribution is 2.38. The fraction of sp³-hybridized carbons (Fsp3) is 0.500. The number of aliphatic hydroxyl groups is 1. The van der Waals surface area contributed by atoms with Crippen molar-refractivity contribution in [1.29, 1.82) is 0 Å². The van der Waals surface area contributed by atoms with Gasteiger partial charge in [0, 0.05) is 37.1 Å². The molecule has 194 valence electrons. The molecule has 12 heteroatoms. The van der Waals surface area contributed by atoms with Gasteiger partial charge in [0.2, 0.25) is 0 Å². The maximum Gasteiger partial charge on any atom is 0.433 e. The lowest BCUT2D eigenvalue weighted by Gasteiger charge is -2.37. The second kappa shape index (κ2) is 9.41. The first-order valence-corrected chi connectivity index (χ1v) is 11.8. The van der Waals surface area contributed by atoms with Crippen LogP contribution in [-0.4, -0.2) is 71.9 Å². The zero-order chi connectivity index (χ0) is 25.6. The molecule has 2 fully saturated rings. The molecule has 1 aromatic carbocycles. The van der Waals surface area contributed by atoms with Gasteiger partial charge in [-0.1, -0.05) is 6.07 Å². The van der Waals surface area contributed by atoms with Crippen LogP contribution in [0.1, 0.15) is 30.3 Å². The fourth-order valence-corrected chi connectivity index (χ4v) is 4.72. The molecule has 3 heterocycles. The maximum atomic E-state index is 13.3. The number of hydrogen-bond donors (Lipinski definition) is 3. The molecule has 3 aliphatic rings. The molecule has 2 atom stereocenters. The van der Waals surface area contributed by atoms with Crippen LogP contribution in [0.5, 0.6) is 5.75 Å². The molecule has 1 aliphatic carbocycles. The summed E-state index contributed by atoms with van der Waals surface area (Å²) in [5, 5.41) is 13.8. The van der Waals surface area contributed by atoms with Crippen LogP contribution < -0.4 is 15.8 Å². The summed E-state index contributed by atoms with van der Waals surface area (Å²) in [6.07, 6.45) is -3.85. The number of alkyl halides is 3. The lowest BCUT2D eigenvalue weighted by Crippen LogP contribution is -2.53. The molecule has 0 bridgehead atoms. The molecule has 5 rings (SSSR count). The monoisotopic (exact) mass is 507 g/mol. The van der Waals surface area contributed by atoms with Crippen LogP contribution >= 0.6 is 0 Å². The van der Waals surface area contributed by atoms with E-state index in [0.717, 1.165) is 18.9 Å². The zero-order valence-electron chi connectivity index (χ0n) is 19.7. The number of rotatable bonds is 6. The molecule has 1 amide bonds. The second-order valence-corrected chi connectivity index (χ2v) is 9.17. The Hall–Kier alpha value is -3.09. The van der Waals surface area contributed by atoms with Crippen molar-refractivity contribution in [2.45, 2.75) is 31.5 Å². The Morgan fingerprint density at radius 3 is 2.58 bits per heavy atom. The summed E-state index contributed by atoms with van der Waals surface area (Å²) >= 11 is 0. The highest BCUT2D eigenvalue weighted by Gasteiger charge is 2.38. The number of methoxy groups -OCH3 is 1. The Labute approximate surface area is 205 Å².